The summed E-state index contributed by atoms with van der Waals surface area (Å²) in [5, 5.41) is 6.28. The monoisotopic (exact) mass is 401 g/mol. The third-order valence-electron chi connectivity index (χ3n) is 4.50. The molecule has 1 fully saturated rings. The Bertz CT molecular complexity index is 788. The summed E-state index contributed by atoms with van der Waals surface area (Å²) in [4.78, 5) is 26.3. The molecule has 0 bridgehead atoms. The fourth-order valence-electron chi connectivity index (χ4n) is 2.95. The summed E-state index contributed by atoms with van der Waals surface area (Å²) in [6.45, 7) is 3.69. The van der Waals surface area contributed by atoms with Gasteiger partial charge in [0, 0.05) is 48.0 Å². The van der Waals surface area contributed by atoms with Crippen molar-refractivity contribution in [3.05, 3.63) is 59.1 Å². The highest BCUT2D eigenvalue weighted by atomic mass is 35.5. The number of rotatable bonds is 7. The minimum absolute atomic E-state index is 0.0696. The molecule has 6 nitrogen and oxygen atoms in total. The van der Waals surface area contributed by atoms with Crippen LogP contribution in [0, 0.1) is 0 Å². The SMILES string of the molecule is O=C(CCCNC(=O)c1ccc(Cl)cc1)Nc1ccc(N2CCOCC2)cc1. The van der Waals surface area contributed by atoms with E-state index in [2.05, 4.69) is 15.5 Å². The Kier molecular flexibility index (Phi) is 7.28. The van der Waals surface area contributed by atoms with Gasteiger partial charge in [0.25, 0.3) is 5.91 Å². The fraction of sp³-hybridized carbons (Fsp3) is 0.333. The highest BCUT2D eigenvalue weighted by molar-refractivity contribution is 6.30. The summed E-state index contributed by atoms with van der Waals surface area (Å²) in [6.07, 6.45) is 0.906. The van der Waals surface area contributed by atoms with Crippen LogP contribution in [0.2, 0.25) is 5.02 Å². The molecule has 0 unspecified atom stereocenters. The molecular weight excluding hydrogens is 378 g/mol. The number of nitrogens with zero attached hydrogens (tertiary/aromatic N) is 1. The van der Waals surface area contributed by atoms with E-state index in [1.807, 2.05) is 24.3 Å². The van der Waals surface area contributed by atoms with Crippen molar-refractivity contribution in [2.75, 3.05) is 43.1 Å². The van der Waals surface area contributed by atoms with Gasteiger partial charge in [0.1, 0.15) is 0 Å². The average Bonchev–Trinajstić information content (AvgIpc) is 2.73. The Morgan fingerprint density at radius 3 is 2.36 bits per heavy atom. The number of nitrogens with one attached hydrogen (secondary N) is 2. The highest BCUT2D eigenvalue weighted by Crippen LogP contribution is 2.19. The normalized spacial score (nSPS) is 13.8. The summed E-state index contributed by atoms with van der Waals surface area (Å²) < 4.78 is 5.36. The molecule has 3 rings (SSSR count). The Hall–Kier alpha value is -2.57. The maximum atomic E-state index is 12.1. The van der Waals surface area contributed by atoms with Crippen molar-refractivity contribution < 1.29 is 14.3 Å². The highest BCUT2D eigenvalue weighted by Gasteiger charge is 2.11. The van der Waals surface area contributed by atoms with Crippen molar-refractivity contribution in [1.29, 1.82) is 0 Å². The number of ether oxygens (including phenoxy) is 1. The molecule has 28 heavy (non-hydrogen) atoms. The van der Waals surface area contributed by atoms with Crippen LogP contribution >= 0.6 is 11.6 Å². The lowest BCUT2D eigenvalue weighted by Crippen LogP contribution is -2.36. The number of hydrogen-bond donors (Lipinski definition) is 2. The van der Waals surface area contributed by atoms with E-state index in [9.17, 15) is 9.59 Å². The van der Waals surface area contributed by atoms with Crippen molar-refractivity contribution in [3.8, 4) is 0 Å². The van der Waals surface area contributed by atoms with Crippen LogP contribution in [0.3, 0.4) is 0 Å². The zero-order chi connectivity index (χ0) is 19.8. The lowest BCUT2D eigenvalue weighted by molar-refractivity contribution is -0.116. The lowest BCUT2D eigenvalue weighted by Gasteiger charge is -2.28. The molecule has 2 N–H and O–H groups in total. The van der Waals surface area contributed by atoms with E-state index in [4.69, 9.17) is 16.3 Å². The third kappa shape index (κ3) is 5.97. The zero-order valence-corrected chi connectivity index (χ0v) is 16.4. The second-order valence-corrected chi connectivity index (χ2v) is 7.00. The van der Waals surface area contributed by atoms with Crippen LogP contribution in [0.25, 0.3) is 0 Å². The van der Waals surface area contributed by atoms with Crippen molar-refractivity contribution in [2.24, 2.45) is 0 Å². The van der Waals surface area contributed by atoms with E-state index >= 15 is 0 Å². The van der Waals surface area contributed by atoms with Gasteiger partial charge in [-0.25, -0.2) is 0 Å². The molecule has 1 saturated heterocycles. The van der Waals surface area contributed by atoms with Gasteiger partial charge in [0.15, 0.2) is 0 Å². The van der Waals surface area contributed by atoms with Gasteiger partial charge in [-0.2, -0.15) is 0 Å². The molecule has 7 heteroatoms. The summed E-state index contributed by atoms with van der Waals surface area (Å²) in [7, 11) is 0. The zero-order valence-electron chi connectivity index (χ0n) is 15.6. The molecule has 2 amide bonds. The van der Waals surface area contributed by atoms with Crippen LogP contribution in [0.4, 0.5) is 11.4 Å². The van der Waals surface area contributed by atoms with Crippen molar-refractivity contribution in [1.82, 2.24) is 5.32 Å². The lowest BCUT2D eigenvalue weighted by atomic mass is 10.2. The van der Waals surface area contributed by atoms with Gasteiger partial charge in [-0.3, -0.25) is 9.59 Å². The molecule has 0 aromatic heterocycles. The summed E-state index contributed by atoms with van der Waals surface area (Å²) >= 11 is 5.81. The van der Waals surface area contributed by atoms with Crippen molar-refractivity contribution >= 4 is 34.8 Å². The van der Waals surface area contributed by atoms with Gasteiger partial charge in [-0.1, -0.05) is 11.6 Å². The largest absolute Gasteiger partial charge is 0.378 e. The number of benzene rings is 2. The number of amides is 2. The van der Waals surface area contributed by atoms with Crippen LogP contribution in [0.15, 0.2) is 48.5 Å². The number of halogens is 1. The minimum Gasteiger partial charge on any atom is -0.378 e. The molecule has 2 aromatic carbocycles. The second kappa shape index (κ2) is 10.1. The van der Waals surface area contributed by atoms with Gasteiger partial charge < -0.3 is 20.3 Å². The van der Waals surface area contributed by atoms with Crippen LogP contribution in [-0.2, 0) is 9.53 Å². The number of carbonyl (C=O) groups is 2. The Morgan fingerprint density at radius 1 is 1.00 bits per heavy atom. The first-order valence-electron chi connectivity index (χ1n) is 9.38. The Labute approximate surface area is 169 Å². The van der Waals surface area contributed by atoms with Gasteiger partial charge in [-0.15, -0.1) is 0 Å². The number of anilines is 2. The molecule has 2 aromatic rings. The van der Waals surface area contributed by atoms with Crippen LogP contribution in [0.5, 0.6) is 0 Å². The topological polar surface area (TPSA) is 70.7 Å². The first kappa shape index (κ1) is 20.2. The fourth-order valence-corrected chi connectivity index (χ4v) is 3.08. The van der Waals surface area contributed by atoms with Crippen molar-refractivity contribution in [3.63, 3.8) is 0 Å². The van der Waals surface area contributed by atoms with E-state index in [-0.39, 0.29) is 11.8 Å². The number of hydrogen-bond acceptors (Lipinski definition) is 4. The van der Waals surface area contributed by atoms with Gasteiger partial charge in [0.2, 0.25) is 5.91 Å². The smallest absolute Gasteiger partial charge is 0.251 e. The van der Waals surface area contributed by atoms with E-state index in [0.29, 0.717) is 30.0 Å². The molecular formula is C21H24ClN3O3. The summed E-state index contributed by atoms with van der Waals surface area (Å²) in [5.74, 6) is -0.240. The first-order chi connectivity index (χ1) is 13.6. The predicted octanol–water partition coefficient (Wildman–Crippen LogP) is 3.33. The Balaban J connectivity index is 1.37. The van der Waals surface area contributed by atoms with Gasteiger partial charge in [0.05, 0.1) is 13.2 Å². The van der Waals surface area contributed by atoms with E-state index in [1.54, 1.807) is 24.3 Å². The molecule has 1 heterocycles. The van der Waals surface area contributed by atoms with Crippen LogP contribution in [0.1, 0.15) is 23.2 Å². The van der Waals surface area contributed by atoms with Crippen LogP contribution in [-0.4, -0.2) is 44.7 Å². The second-order valence-electron chi connectivity index (χ2n) is 6.56. The molecule has 1 aliphatic heterocycles. The maximum absolute atomic E-state index is 12.1. The van der Waals surface area contributed by atoms with E-state index in [0.717, 1.165) is 37.7 Å². The van der Waals surface area contributed by atoms with E-state index in [1.165, 1.54) is 0 Å². The molecule has 0 spiro atoms. The standard InChI is InChI=1S/C21H24ClN3O3/c22-17-5-3-16(4-6-17)21(27)23-11-1-2-20(26)24-18-7-9-19(10-8-18)25-12-14-28-15-13-25/h3-10H,1-2,11-15H2,(H,23,27)(H,24,26). The summed E-state index contributed by atoms with van der Waals surface area (Å²) in [5.41, 5.74) is 2.45. The predicted molar refractivity (Wildman–Crippen MR) is 111 cm³/mol. The van der Waals surface area contributed by atoms with Crippen molar-refractivity contribution in [2.45, 2.75) is 12.8 Å². The minimum atomic E-state index is -0.171. The molecule has 0 aliphatic carbocycles. The quantitative estimate of drug-likeness (QED) is 0.698. The number of morpholine rings is 1. The number of carbonyl (C=O) groups excluding carboxylic acids is 2. The Morgan fingerprint density at radius 2 is 1.68 bits per heavy atom. The molecule has 0 atom stereocenters. The van der Waals surface area contributed by atoms with E-state index < -0.39 is 0 Å². The van der Waals surface area contributed by atoms with Crippen LogP contribution < -0.4 is 15.5 Å². The molecule has 0 radical (unpaired) electrons. The van der Waals surface area contributed by atoms with Gasteiger partial charge in [-0.05, 0) is 55.0 Å². The van der Waals surface area contributed by atoms with Gasteiger partial charge >= 0.3 is 0 Å². The third-order valence-corrected chi connectivity index (χ3v) is 4.75. The molecule has 1 aliphatic rings. The molecule has 0 saturated carbocycles. The summed E-state index contributed by atoms with van der Waals surface area (Å²) in [6, 6.07) is 14.5. The molecule has 148 valence electrons. The maximum Gasteiger partial charge on any atom is 0.251 e. The first-order valence-corrected chi connectivity index (χ1v) is 9.76. The average molecular weight is 402 g/mol.